The number of aromatic nitrogens is 2. The van der Waals surface area contributed by atoms with Crippen LogP contribution in [0.25, 0.3) is 28.1 Å². The van der Waals surface area contributed by atoms with E-state index in [0.29, 0.717) is 69.1 Å². The maximum atomic E-state index is 11.6. The van der Waals surface area contributed by atoms with Crippen LogP contribution in [0.1, 0.15) is 31.0 Å². The van der Waals surface area contributed by atoms with E-state index in [1.807, 2.05) is 24.3 Å². The summed E-state index contributed by atoms with van der Waals surface area (Å²) in [6, 6.07) is 10.9. The number of aliphatic hydroxyl groups excluding tert-OH is 1. The van der Waals surface area contributed by atoms with Crippen LogP contribution in [-0.4, -0.2) is 83.3 Å². The number of hydrogen-bond donors (Lipinski definition) is 6. The highest BCUT2D eigenvalue weighted by Gasteiger charge is 2.32. The van der Waals surface area contributed by atoms with Crippen molar-refractivity contribution in [3.8, 4) is 28.3 Å². The van der Waals surface area contributed by atoms with Crippen molar-refractivity contribution in [2.75, 3.05) is 33.9 Å². The summed E-state index contributed by atoms with van der Waals surface area (Å²) in [7, 11) is 2.92. The van der Waals surface area contributed by atoms with Gasteiger partial charge in [-0.1, -0.05) is 66.2 Å². The fraction of sp³-hybridized carbons (Fsp3) is 0.324. The molecule has 1 aliphatic heterocycles. The minimum absolute atomic E-state index is 0.0603. The van der Waals surface area contributed by atoms with Crippen molar-refractivity contribution >= 4 is 46.5 Å². The number of methoxy groups -OCH3 is 2. The number of carboxylic acid groups (broad SMARTS) is 1. The molecule has 1 aliphatic rings. The zero-order valence-corrected chi connectivity index (χ0v) is 28.9. The van der Waals surface area contributed by atoms with E-state index in [4.69, 9.17) is 38.4 Å². The number of ether oxygens (including phenoxy) is 2. The van der Waals surface area contributed by atoms with Gasteiger partial charge in [0.05, 0.1) is 60.4 Å². The zero-order chi connectivity index (χ0) is 35.7. The molecule has 0 spiro atoms. The number of hydrogen-bond acceptors (Lipinski definition) is 11. The molecular weight excluding hydrogens is 673 g/mol. The van der Waals surface area contributed by atoms with Crippen LogP contribution in [-0.2, 0) is 20.9 Å². The Labute approximate surface area is 294 Å². The molecule has 3 aromatic rings. The van der Waals surface area contributed by atoms with Gasteiger partial charge in [0, 0.05) is 54.4 Å². The van der Waals surface area contributed by atoms with Crippen LogP contribution in [0.4, 0.5) is 0 Å². The molecule has 0 bridgehead atoms. The number of aliphatic carboxylic acids is 1. The number of carbonyl (C=O) groups excluding carboxylic acids is 1. The predicted octanol–water partition coefficient (Wildman–Crippen LogP) is 3.78. The molecule has 7 N–H and O–H groups in total. The number of benzene rings is 2. The van der Waals surface area contributed by atoms with Gasteiger partial charge in [-0.05, 0) is 13.3 Å². The number of nitrogens with one attached hydrogen (secondary N) is 3. The van der Waals surface area contributed by atoms with Crippen molar-refractivity contribution in [3.63, 3.8) is 0 Å². The van der Waals surface area contributed by atoms with Gasteiger partial charge in [0.1, 0.15) is 17.0 Å². The first-order chi connectivity index (χ1) is 23.4. The largest absolute Gasteiger partial charge is 0.495 e. The van der Waals surface area contributed by atoms with Gasteiger partial charge in [0.2, 0.25) is 11.8 Å². The Morgan fingerprint density at radius 3 is 2.53 bits per heavy atom. The predicted molar refractivity (Wildman–Crippen MR) is 189 cm³/mol. The normalized spacial score (nSPS) is 16.2. The minimum atomic E-state index is -1.61. The number of carbonyl (C=O) groups is 2. The molecule has 1 amide bonds. The second-order valence-electron chi connectivity index (χ2n) is 11.4. The molecule has 1 aromatic heterocycles. The molecule has 2 atom stereocenters. The molecule has 49 heavy (non-hydrogen) atoms. The highest BCUT2D eigenvalue weighted by Crippen LogP contribution is 2.40. The highest BCUT2D eigenvalue weighted by atomic mass is 35.5. The maximum Gasteiger partial charge on any atom is 0.326 e. The van der Waals surface area contributed by atoms with Crippen LogP contribution in [0.15, 0.2) is 66.1 Å². The van der Waals surface area contributed by atoms with Crippen molar-refractivity contribution in [2.24, 2.45) is 10.7 Å². The Morgan fingerprint density at radius 1 is 1.20 bits per heavy atom. The van der Waals surface area contributed by atoms with E-state index < -0.39 is 18.1 Å². The number of aliphatic imine (C=N–C) groups is 1. The summed E-state index contributed by atoms with van der Waals surface area (Å²) < 4.78 is 10.8. The number of nitrogens with zero attached hydrogens (tertiary/aromatic N) is 3. The van der Waals surface area contributed by atoms with Crippen LogP contribution in [0, 0.1) is 0 Å². The molecule has 15 heteroatoms. The molecule has 1 unspecified atom stereocenters. The summed E-state index contributed by atoms with van der Waals surface area (Å²) in [6.07, 6.45) is 4.31. The van der Waals surface area contributed by atoms with Gasteiger partial charge in [0.25, 0.3) is 0 Å². The monoisotopic (exact) mass is 711 g/mol. The lowest BCUT2D eigenvalue weighted by molar-refractivity contribution is -0.145. The number of amides is 1. The van der Waals surface area contributed by atoms with E-state index in [-0.39, 0.29) is 35.7 Å². The molecule has 1 saturated heterocycles. The molecule has 13 nitrogen and oxygen atoms in total. The maximum absolute atomic E-state index is 11.6. The van der Waals surface area contributed by atoms with E-state index in [1.54, 1.807) is 18.3 Å². The smallest absolute Gasteiger partial charge is 0.326 e. The van der Waals surface area contributed by atoms with Gasteiger partial charge in [-0.2, -0.15) is 0 Å². The van der Waals surface area contributed by atoms with Gasteiger partial charge in [0.15, 0.2) is 0 Å². The quantitative estimate of drug-likeness (QED) is 0.0936. The first kappa shape index (κ1) is 37.3. The van der Waals surface area contributed by atoms with Crippen LogP contribution in [0.2, 0.25) is 10.0 Å². The molecule has 260 valence electrons. The number of carboxylic acids is 1. The summed E-state index contributed by atoms with van der Waals surface area (Å²) >= 11 is 13.9. The first-order valence-electron chi connectivity index (χ1n) is 15.2. The molecule has 2 heterocycles. The van der Waals surface area contributed by atoms with E-state index in [9.17, 15) is 19.8 Å². The summed E-state index contributed by atoms with van der Waals surface area (Å²) in [5, 5.41) is 28.7. The Kier molecular flexibility index (Phi) is 12.7. The topological polar surface area (TPSA) is 193 Å². The lowest BCUT2D eigenvalue weighted by Crippen LogP contribution is -2.54. The van der Waals surface area contributed by atoms with E-state index >= 15 is 0 Å². The lowest BCUT2D eigenvalue weighted by Gasteiger charge is -2.24. The van der Waals surface area contributed by atoms with Crippen LogP contribution < -0.4 is 26.4 Å². The summed E-state index contributed by atoms with van der Waals surface area (Å²) in [4.78, 5) is 36.7. The standard InChI is InChI=1S/C34H39Cl2N7O6/c1-19(48-3)26(17-41-34(2,18-44)33(46)47)39-14-25(37)23-9-5-7-21(30(23)35)22-8-6-10-24(31(22)36)27-16-40-28(32(43-27)49-4)15-38-13-20-11-12-29(45)42-20/h5-10,14,16,20,38,41,44H,1,11-13,15,17-18,37H2,2-4H3,(H,42,45)(H,46,47)/b25-14-,39-26?/t20-,34?/m0/s1. The minimum Gasteiger partial charge on any atom is -0.495 e. The van der Waals surface area contributed by atoms with Crippen molar-refractivity contribution in [1.29, 1.82) is 0 Å². The van der Waals surface area contributed by atoms with Crippen LogP contribution in [0.3, 0.4) is 0 Å². The van der Waals surface area contributed by atoms with Crippen molar-refractivity contribution in [3.05, 3.63) is 82.4 Å². The zero-order valence-electron chi connectivity index (χ0n) is 27.3. The molecule has 0 aliphatic carbocycles. The number of halogens is 2. The fourth-order valence-electron chi connectivity index (χ4n) is 4.94. The number of rotatable bonds is 16. The SMILES string of the molecule is C=C(OC)C(CNC(C)(CO)C(=O)O)=N/C=C(\N)c1cccc(-c2cccc(-c3cnc(CNC[C@@H]4CCC(=O)N4)c(OC)n3)c2Cl)c1Cl. The van der Waals surface area contributed by atoms with E-state index in [1.165, 1.54) is 27.3 Å². The summed E-state index contributed by atoms with van der Waals surface area (Å²) in [5.41, 5.74) is 8.71. The Morgan fingerprint density at radius 2 is 1.90 bits per heavy atom. The third kappa shape index (κ3) is 8.94. The Balaban J connectivity index is 1.59. The number of nitrogens with two attached hydrogens (primary N) is 1. The molecule has 0 radical (unpaired) electrons. The molecule has 0 saturated carbocycles. The fourth-order valence-corrected chi connectivity index (χ4v) is 5.60. The van der Waals surface area contributed by atoms with E-state index in [0.717, 1.165) is 6.42 Å². The van der Waals surface area contributed by atoms with E-state index in [2.05, 4.69) is 37.5 Å². The first-order valence-corrected chi connectivity index (χ1v) is 16.0. The average Bonchev–Trinajstić information content (AvgIpc) is 3.52. The van der Waals surface area contributed by atoms with Gasteiger partial charge in [-0.15, -0.1) is 0 Å². The molecule has 4 rings (SSSR count). The van der Waals surface area contributed by atoms with Crippen molar-refractivity contribution in [1.82, 2.24) is 25.9 Å². The van der Waals surface area contributed by atoms with Gasteiger partial charge in [-0.25, -0.2) is 4.98 Å². The number of aliphatic hydroxyl groups is 1. The van der Waals surface area contributed by atoms with Gasteiger partial charge < -0.3 is 36.1 Å². The van der Waals surface area contributed by atoms with Crippen LogP contribution in [0.5, 0.6) is 5.88 Å². The van der Waals surface area contributed by atoms with Gasteiger partial charge >= 0.3 is 5.97 Å². The second-order valence-corrected chi connectivity index (χ2v) is 12.2. The Bertz CT molecular complexity index is 1780. The van der Waals surface area contributed by atoms with Crippen molar-refractivity contribution < 1.29 is 29.3 Å². The third-order valence-corrected chi connectivity index (χ3v) is 8.82. The average molecular weight is 713 g/mol. The summed E-state index contributed by atoms with van der Waals surface area (Å²) in [5.74, 6) is -0.656. The third-order valence-electron chi connectivity index (χ3n) is 8.01. The second kappa shape index (κ2) is 16.7. The van der Waals surface area contributed by atoms with Gasteiger partial charge in [-0.3, -0.25) is 24.9 Å². The molecule has 1 fully saturated rings. The van der Waals surface area contributed by atoms with Crippen molar-refractivity contribution in [2.45, 2.75) is 37.9 Å². The molecule has 2 aromatic carbocycles. The molecular formula is C34H39Cl2N7O6. The lowest BCUT2D eigenvalue weighted by atomic mass is 9.99. The summed E-state index contributed by atoms with van der Waals surface area (Å²) in [6.45, 7) is 5.43. The highest BCUT2D eigenvalue weighted by molar-refractivity contribution is 6.38. The Hall–Kier alpha value is -4.53. The van der Waals surface area contributed by atoms with Crippen LogP contribution >= 0.6 is 23.2 Å².